The maximum absolute atomic E-state index is 14.3. The van der Waals surface area contributed by atoms with Crippen LogP contribution in [0.1, 0.15) is 61.9 Å². The second kappa shape index (κ2) is 24.0. The van der Waals surface area contributed by atoms with Gasteiger partial charge in [-0.15, -0.1) is 0 Å². The zero-order valence-corrected chi connectivity index (χ0v) is 39.0. The Labute approximate surface area is 376 Å². The molecular weight excluding hydrogens is 838 g/mol. The van der Waals surface area contributed by atoms with Crippen molar-refractivity contribution >= 4 is 26.2 Å². The molecule has 5 aromatic rings. The predicted molar refractivity (Wildman–Crippen MR) is 247 cm³/mol. The third-order valence-corrected chi connectivity index (χ3v) is 13.3. The highest BCUT2D eigenvalue weighted by Gasteiger charge is 2.39. The summed E-state index contributed by atoms with van der Waals surface area (Å²) in [7, 11) is 3.22. The monoisotopic (exact) mass is 895 g/mol. The van der Waals surface area contributed by atoms with Gasteiger partial charge in [-0.25, -0.2) is 4.67 Å². The van der Waals surface area contributed by atoms with Crippen molar-refractivity contribution in [1.82, 2.24) is 19.5 Å². The minimum atomic E-state index is -1.66. The fourth-order valence-electron chi connectivity index (χ4n) is 7.07. The predicted octanol–water partition coefficient (Wildman–Crippen LogP) is 8.66. The Morgan fingerprint density at radius 3 is 1.97 bits per heavy atom. The fraction of sp³-hybridized carbons (Fsp3) is 0.375. The van der Waals surface area contributed by atoms with Crippen molar-refractivity contribution in [3.8, 4) is 23.3 Å². The Kier molecular flexibility index (Phi) is 18.6. The van der Waals surface area contributed by atoms with E-state index in [4.69, 9.17) is 28.0 Å². The van der Waals surface area contributed by atoms with E-state index in [0.717, 1.165) is 33.6 Å². The van der Waals surface area contributed by atoms with Gasteiger partial charge >= 0.3 is 0 Å². The summed E-state index contributed by atoms with van der Waals surface area (Å²) in [5, 5.41) is 12.9. The molecule has 0 fully saturated rings. The summed E-state index contributed by atoms with van der Waals surface area (Å²) in [6.45, 7) is 10.3. The number of thioether (sulfide) groups is 1. The summed E-state index contributed by atoms with van der Waals surface area (Å²) in [5.74, 6) is 2.30. The molecule has 13 nitrogen and oxygen atoms in total. The summed E-state index contributed by atoms with van der Waals surface area (Å²) in [6.07, 6.45) is 1.78. The van der Waals surface area contributed by atoms with E-state index in [-0.39, 0.29) is 50.8 Å². The van der Waals surface area contributed by atoms with E-state index in [2.05, 4.69) is 48.7 Å². The first kappa shape index (κ1) is 48.8. The molecule has 0 spiro atoms. The molecule has 1 amide bonds. The molecule has 0 bridgehead atoms. The molecule has 1 heterocycles. The number of aromatic nitrogens is 2. The summed E-state index contributed by atoms with van der Waals surface area (Å²) in [4.78, 5) is 31.1. The first-order valence-electron chi connectivity index (χ1n) is 20.7. The number of amides is 1. The normalized spacial score (nSPS) is 12.5. The SMILES string of the molecule is COc1ccc(C(OC[C@@H](COP(OCCC#N)N(C(C)C)C(C)C)NC(=O)Cn2ccc(=O)nc2SCc2ccc(OC)cc2C)(c2ccccc2)c2ccc(OC)cc2)cc1. The minimum absolute atomic E-state index is 0.00974. The summed E-state index contributed by atoms with van der Waals surface area (Å²) in [6, 6.07) is 34.1. The van der Waals surface area contributed by atoms with E-state index in [1.54, 1.807) is 32.1 Å². The lowest BCUT2D eigenvalue weighted by molar-refractivity contribution is -0.123. The largest absolute Gasteiger partial charge is 0.497 e. The van der Waals surface area contributed by atoms with Crippen LogP contribution < -0.4 is 25.1 Å². The number of benzene rings is 4. The summed E-state index contributed by atoms with van der Waals surface area (Å²) in [5.41, 5.74) is 3.01. The molecule has 1 aromatic heterocycles. The van der Waals surface area contributed by atoms with Gasteiger partial charge in [0.25, 0.3) is 14.1 Å². The van der Waals surface area contributed by atoms with Gasteiger partial charge in [0.15, 0.2) is 5.16 Å². The topological polar surface area (TPSA) is 146 Å². The molecule has 0 saturated heterocycles. The van der Waals surface area contributed by atoms with Crippen LogP contribution in [0.15, 0.2) is 119 Å². The number of nitrogens with one attached hydrogen (secondary N) is 1. The van der Waals surface area contributed by atoms with Crippen LogP contribution in [-0.4, -0.2) is 79.4 Å². The van der Waals surface area contributed by atoms with Crippen molar-refractivity contribution in [2.45, 2.75) is 82.2 Å². The number of hydrogen-bond donors (Lipinski definition) is 1. The van der Waals surface area contributed by atoms with Crippen molar-refractivity contribution in [3.05, 3.63) is 147 Å². The number of nitrogens with zero attached hydrogens (tertiary/aromatic N) is 4. The smallest absolute Gasteiger partial charge is 0.273 e. The van der Waals surface area contributed by atoms with Crippen LogP contribution in [0, 0.1) is 18.3 Å². The van der Waals surface area contributed by atoms with E-state index in [9.17, 15) is 14.9 Å². The van der Waals surface area contributed by atoms with Crippen LogP contribution in [0.25, 0.3) is 0 Å². The number of hydrogen-bond acceptors (Lipinski definition) is 12. The van der Waals surface area contributed by atoms with Gasteiger partial charge in [0, 0.05) is 30.1 Å². The molecule has 0 aliphatic rings. The Bertz CT molecular complexity index is 2250. The molecule has 4 aromatic carbocycles. The average molecular weight is 896 g/mol. The van der Waals surface area contributed by atoms with Crippen molar-refractivity contribution in [2.24, 2.45) is 0 Å². The molecule has 0 radical (unpaired) electrons. The van der Waals surface area contributed by atoms with Gasteiger partial charge in [-0.2, -0.15) is 10.2 Å². The standard InChI is InChI=1S/C48H58N5O8PS/c1-34(2)53(35(3)4)62(60-28-12-26-49)61-32-41(50-46(55)30-52-27-25-45(54)51-47(52)63-33-37-15-20-44(58-8)29-36(37)5)31-59-48(38-13-10-9-11-14-38,39-16-21-42(56-6)22-17-39)40-18-23-43(57-7)24-19-40/h9-11,13-25,27,29,34-35,41H,12,28,30-33H2,1-8H3,(H,50,55)/t41-,62?/m0/s1. The van der Waals surface area contributed by atoms with E-state index in [0.29, 0.717) is 22.4 Å². The van der Waals surface area contributed by atoms with Gasteiger partial charge in [0.05, 0.1) is 59.7 Å². The molecule has 5 rings (SSSR count). The minimum Gasteiger partial charge on any atom is -0.497 e. The zero-order chi connectivity index (χ0) is 45.4. The van der Waals surface area contributed by atoms with Crippen LogP contribution in [0.5, 0.6) is 17.2 Å². The number of rotatable bonds is 24. The Balaban J connectivity index is 1.52. The second-order valence-corrected chi connectivity index (χ2v) is 17.6. The Morgan fingerprint density at radius 2 is 1.41 bits per heavy atom. The van der Waals surface area contributed by atoms with Gasteiger partial charge in [-0.1, -0.05) is 72.4 Å². The maximum atomic E-state index is 14.3. The molecule has 63 heavy (non-hydrogen) atoms. The van der Waals surface area contributed by atoms with Crippen LogP contribution in [0.2, 0.25) is 0 Å². The summed E-state index contributed by atoms with van der Waals surface area (Å²) >= 11 is 1.37. The number of ether oxygens (including phenoxy) is 4. The molecule has 0 saturated carbocycles. The van der Waals surface area contributed by atoms with Crippen molar-refractivity contribution in [3.63, 3.8) is 0 Å². The molecule has 2 atom stereocenters. The zero-order valence-electron chi connectivity index (χ0n) is 37.3. The van der Waals surface area contributed by atoms with E-state index >= 15 is 0 Å². The highest BCUT2D eigenvalue weighted by Crippen LogP contribution is 2.46. The van der Waals surface area contributed by atoms with Crippen LogP contribution >= 0.6 is 20.3 Å². The van der Waals surface area contributed by atoms with Crippen molar-refractivity contribution < 1.29 is 32.8 Å². The van der Waals surface area contributed by atoms with Gasteiger partial charge < -0.3 is 37.9 Å². The molecule has 1 N–H and O–H groups in total. The second-order valence-electron chi connectivity index (χ2n) is 15.2. The van der Waals surface area contributed by atoms with Crippen LogP contribution in [0.3, 0.4) is 0 Å². The number of carbonyl (C=O) groups is 1. The molecule has 1 unspecified atom stereocenters. The molecule has 15 heteroatoms. The summed E-state index contributed by atoms with van der Waals surface area (Å²) < 4.78 is 40.4. The van der Waals surface area contributed by atoms with Crippen LogP contribution in [-0.2, 0) is 36.5 Å². The average Bonchev–Trinajstić information content (AvgIpc) is 3.28. The third-order valence-electron chi connectivity index (χ3n) is 10.2. The van der Waals surface area contributed by atoms with E-state index < -0.39 is 25.7 Å². The number of methoxy groups -OCH3 is 3. The maximum Gasteiger partial charge on any atom is 0.273 e. The first-order chi connectivity index (χ1) is 30.4. The van der Waals surface area contributed by atoms with Crippen molar-refractivity contribution in [1.29, 1.82) is 5.26 Å². The molecular formula is C48H58N5O8PS. The fourth-order valence-corrected chi connectivity index (χ4v) is 9.78. The van der Waals surface area contributed by atoms with Gasteiger partial charge in [0.1, 0.15) is 29.4 Å². The lowest BCUT2D eigenvalue weighted by Gasteiger charge is -2.38. The van der Waals surface area contributed by atoms with E-state index in [1.165, 1.54) is 17.8 Å². The highest BCUT2D eigenvalue weighted by molar-refractivity contribution is 7.98. The highest BCUT2D eigenvalue weighted by atomic mass is 32.2. The van der Waals surface area contributed by atoms with Crippen LogP contribution in [0.4, 0.5) is 0 Å². The number of aryl methyl sites for hydroxylation is 1. The van der Waals surface area contributed by atoms with E-state index in [1.807, 2.05) is 104 Å². The molecule has 0 aliphatic heterocycles. The number of nitriles is 1. The lowest BCUT2D eigenvalue weighted by Crippen LogP contribution is -2.46. The first-order valence-corrected chi connectivity index (χ1v) is 22.9. The van der Waals surface area contributed by atoms with Gasteiger partial charge in [0.2, 0.25) is 5.91 Å². The third kappa shape index (κ3) is 13.1. The molecule has 0 aliphatic carbocycles. The lowest BCUT2D eigenvalue weighted by atomic mass is 9.80. The quantitative estimate of drug-likeness (QED) is 0.0208. The Morgan fingerprint density at radius 1 is 0.825 bits per heavy atom. The number of carbonyl (C=O) groups excluding carboxylic acids is 1. The Hall–Kier alpha value is -5.26. The van der Waals surface area contributed by atoms with Gasteiger partial charge in [-0.05, 0) is 98.8 Å². The van der Waals surface area contributed by atoms with Crippen molar-refractivity contribution in [2.75, 3.05) is 41.2 Å². The molecule has 334 valence electrons. The van der Waals surface area contributed by atoms with Gasteiger partial charge in [-0.3, -0.25) is 9.59 Å².